The van der Waals surface area contributed by atoms with E-state index in [2.05, 4.69) is 72.6 Å². The largest absolute Gasteiger partial charge is 0.371 e. The zero-order valence-electron chi connectivity index (χ0n) is 16.4. The van der Waals surface area contributed by atoms with E-state index < -0.39 is 0 Å². The van der Waals surface area contributed by atoms with Gasteiger partial charge in [-0.25, -0.2) is 0 Å². The summed E-state index contributed by atoms with van der Waals surface area (Å²) in [5.74, 6) is 2.36. The van der Waals surface area contributed by atoms with Crippen LogP contribution in [0.2, 0.25) is 0 Å². The molecule has 0 atom stereocenters. The molecule has 0 saturated carbocycles. The molecule has 0 aromatic heterocycles. The van der Waals surface area contributed by atoms with Crippen molar-refractivity contribution in [1.29, 1.82) is 0 Å². The molecule has 0 unspecified atom stereocenters. The van der Waals surface area contributed by atoms with Crippen molar-refractivity contribution in [3.63, 3.8) is 0 Å². The Morgan fingerprint density at radius 3 is 2.22 bits per heavy atom. The Hall–Kier alpha value is -1.94. The maximum Gasteiger partial charge on any atom is 0.223 e. The molecule has 1 amide bonds. The van der Waals surface area contributed by atoms with Crippen LogP contribution in [-0.2, 0) is 10.5 Å². The SMILES string of the molecule is Cc1ccc(CSCCNC(=O)C2CCN(c3ccc(C)cc3)CC2)cc1. The van der Waals surface area contributed by atoms with Crippen LogP contribution in [-0.4, -0.2) is 31.3 Å². The van der Waals surface area contributed by atoms with Gasteiger partial charge in [0, 0.05) is 42.7 Å². The number of amides is 1. The smallest absolute Gasteiger partial charge is 0.223 e. The number of carbonyl (C=O) groups excluding carboxylic acids is 1. The van der Waals surface area contributed by atoms with Crippen LogP contribution in [0.15, 0.2) is 48.5 Å². The number of piperidine rings is 1. The number of nitrogens with one attached hydrogen (secondary N) is 1. The molecule has 144 valence electrons. The second-order valence-corrected chi connectivity index (χ2v) is 8.53. The minimum absolute atomic E-state index is 0.161. The van der Waals surface area contributed by atoms with Crippen LogP contribution in [0.3, 0.4) is 0 Å². The quantitative estimate of drug-likeness (QED) is 0.712. The molecule has 1 fully saturated rings. The average molecular weight is 383 g/mol. The van der Waals surface area contributed by atoms with Gasteiger partial charge in [-0.05, 0) is 44.4 Å². The van der Waals surface area contributed by atoms with Crippen LogP contribution in [0.1, 0.15) is 29.5 Å². The number of hydrogen-bond donors (Lipinski definition) is 1. The fourth-order valence-electron chi connectivity index (χ4n) is 3.42. The molecule has 2 aromatic rings. The zero-order valence-corrected chi connectivity index (χ0v) is 17.2. The molecule has 27 heavy (non-hydrogen) atoms. The summed E-state index contributed by atoms with van der Waals surface area (Å²) >= 11 is 1.88. The lowest BCUT2D eigenvalue weighted by atomic mass is 9.95. The Bertz CT molecular complexity index is 719. The van der Waals surface area contributed by atoms with Gasteiger partial charge in [0.25, 0.3) is 0 Å². The molecule has 1 N–H and O–H groups in total. The van der Waals surface area contributed by atoms with Gasteiger partial charge in [-0.15, -0.1) is 0 Å². The van der Waals surface area contributed by atoms with Crippen LogP contribution in [0.25, 0.3) is 0 Å². The van der Waals surface area contributed by atoms with Gasteiger partial charge in [-0.3, -0.25) is 4.79 Å². The molecule has 2 aromatic carbocycles. The van der Waals surface area contributed by atoms with E-state index in [9.17, 15) is 4.79 Å². The first-order valence-corrected chi connectivity index (χ1v) is 11.0. The first-order chi connectivity index (χ1) is 13.1. The van der Waals surface area contributed by atoms with Crippen molar-refractivity contribution in [2.45, 2.75) is 32.4 Å². The minimum atomic E-state index is 0.161. The highest BCUT2D eigenvalue weighted by molar-refractivity contribution is 7.98. The van der Waals surface area contributed by atoms with E-state index >= 15 is 0 Å². The van der Waals surface area contributed by atoms with E-state index in [-0.39, 0.29) is 11.8 Å². The number of benzene rings is 2. The van der Waals surface area contributed by atoms with Gasteiger partial charge >= 0.3 is 0 Å². The van der Waals surface area contributed by atoms with Gasteiger partial charge in [0.05, 0.1) is 0 Å². The molecule has 3 nitrogen and oxygen atoms in total. The molecule has 1 aliphatic rings. The number of carbonyl (C=O) groups is 1. The topological polar surface area (TPSA) is 32.3 Å². The Labute approximate surface area is 167 Å². The normalized spacial score (nSPS) is 15.0. The van der Waals surface area contributed by atoms with Crippen molar-refractivity contribution in [2.75, 3.05) is 30.3 Å². The fraction of sp³-hybridized carbons (Fsp3) is 0.435. The lowest BCUT2D eigenvalue weighted by Gasteiger charge is -2.33. The highest BCUT2D eigenvalue weighted by Gasteiger charge is 2.24. The second kappa shape index (κ2) is 9.84. The predicted octanol–water partition coefficient (Wildman–Crippen LogP) is 4.57. The molecule has 1 heterocycles. The molecular formula is C23H30N2OS. The summed E-state index contributed by atoms with van der Waals surface area (Å²) in [6.07, 6.45) is 1.88. The third-order valence-corrected chi connectivity index (χ3v) is 6.23. The number of nitrogens with zero attached hydrogens (tertiary/aromatic N) is 1. The van der Waals surface area contributed by atoms with Crippen LogP contribution in [0, 0.1) is 19.8 Å². The van der Waals surface area contributed by atoms with Gasteiger partial charge in [0.2, 0.25) is 5.91 Å². The molecule has 1 aliphatic heterocycles. The van der Waals surface area contributed by atoms with E-state index in [1.165, 1.54) is 22.4 Å². The van der Waals surface area contributed by atoms with Crippen molar-refractivity contribution >= 4 is 23.4 Å². The molecule has 1 saturated heterocycles. The molecular weight excluding hydrogens is 352 g/mol. The maximum absolute atomic E-state index is 12.4. The molecule has 0 radical (unpaired) electrons. The number of thioether (sulfide) groups is 1. The summed E-state index contributed by atoms with van der Waals surface area (Å²) in [6.45, 7) is 6.90. The third-order valence-electron chi connectivity index (χ3n) is 5.20. The first-order valence-electron chi connectivity index (χ1n) is 9.84. The van der Waals surface area contributed by atoms with Gasteiger partial charge < -0.3 is 10.2 Å². The maximum atomic E-state index is 12.4. The Morgan fingerprint density at radius 2 is 1.59 bits per heavy atom. The summed E-state index contributed by atoms with van der Waals surface area (Å²) in [5, 5.41) is 3.13. The lowest BCUT2D eigenvalue weighted by Crippen LogP contribution is -2.41. The lowest BCUT2D eigenvalue weighted by molar-refractivity contribution is -0.125. The third kappa shape index (κ3) is 6.03. The Kier molecular flexibility index (Phi) is 7.22. The molecule has 4 heteroatoms. The number of rotatable bonds is 7. The van der Waals surface area contributed by atoms with E-state index in [1.807, 2.05) is 11.8 Å². The summed E-state index contributed by atoms with van der Waals surface area (Å²) in [5.41, 5.74) is 5.20. The average Bonchev–Trinajstić information content (AvgIpc) is 2.70. The van der Waals surface area contributed by atoms with Gasteiger partial charge in [0.1, 0.15) is 0 Å². The second-order valence-electron chi connectivity index (χ2n) is 7.43. The standard InChI is InChI=1S/C23H30N2OS/c1-18-3-7-20(8-4-18)17-27-16-13-24-23(26)21-11-14-25(15-12-21)22-9-5-19(2)6-10-22/h3-10,21H,11-17H2,1-2H3,(H,24,26). The summed E-state index contributed by atoms with van der Waals surface area (Å²) in [6, 6.07) is 17.3. The van der Waals surface area contributed by atoms with E-state index in [0.29, 0.717) is 0 Å². The first kappa shape index (κ1) is 19.8. The Balaban J connectivity index is 1.32. The monoisotopic (exact) mass is 382 g/mol. The van der Waals surface area contributed by atoms with E-state index in [0.717, 1.165) is 44.0 Å². The summed E-state index contributed by atoms with van der Waals surface area (Å²) in [7, 11) is 0. The molecule has 3 rings (SSSR count). The van der Waals surface area contributed by atoms with Crippen molar-refractivity contribution in [3.8, 4) is 0 Å². The van der Waals surface area contributed by atoms with Gasteiger partial charge in [-0.1, -0.05) is 47.5 Å². The highest BCUT2D eigenvalue weighted by Crippen LogP contribution is 2.23. The molecule has 0 aliphatic carbocycles. The van der Waals surface area contributed by atoms with Crippen molar-refractivity contribution in [1.82, 2.24) is 5.32 Å². The van der Waals surface area contributed by atoms with E-state index in [1.54, 1.807) is 0 Å². The van der Waals surface area contributed by atoms with Crippen LogP contribution in [0.5, 0.6) is 0 Å². The van der Waals surface area contributed by atoms with Crippen molar-refractivity contribution in [3.05, 3.63) is 65.2 Å². The number of aryl methyl sites for hydroxylation is 2. The van der Waals surface area contributed by atoms with Gasteiger partial charge in [-0.2, -0.15) is 11.8 Å². The Morgan fingerprint density at radius 1 is 1.00 bits per heavy atom. The van der Waals surface area contributed by atoms with Gasteiger partial charge in [0.15, 0.2) is 0 Å². The number of anilines is 1. The summed E-state index contributed by atoms with van der Waals surface area (Å²) in [4.78, 5) is 14.8. The van der Waals surface area contributed by atoms with Crippen molar-refractivity contribution < 1.29 is 4.79 Å². The summed E-state index contributed by atoms with van der Waals surface area (Å²) < 4.78 is 0. The minimum Gasteiger partial charge on any atom is -0.371 e. The van der Waals surface area contributed by atoms with E-state index in [4.69, 9.17) is 0 Å². The fourth-order valence-corrected chi connectivity index (χ4v) is 4.24. The van der Waals surface area contributed by atoms with Crippen molar-refractivity contribution in [2.24, 2.45) is 5.92 Å². The number of hydrogen-bond acceptors (Lipinski definition) is 3. The predicted molar refractivity (Wildman–Crippen MR) is 116 cm³/mol. The van der Waals surface area contributed by atoms with Crippen LogP contribution >= 0.6 is 11.8 Å². The molecule has 0 bridgehead atoms. The zero-order chi connectivity index (χ0) is 19.1. The molecule has 0 spiro atoms. The highest BCUT2D eigenvalue weighted by atomic mass is 32.2. The van der Waals surface area contributed by atoms with Crippen LogP contribution in [0.4, 0.5) is 5.69 Å². The van der Waals surface area contributed by atoms with Crippen LogP contribution < -0.4 is 10.2 Å².